The molecule has 1 aromatic heterocycles. The van der Waals surface area contributed by atoms with E-state index in [0.29, 0.717) is 5.02 Å². The number of thiophene rings is 1. The molecule has 0 spiro atoms. The molecule has 1 heterocycles. The fourth-order valence-electron chi connectivity index (χ4n) is 2.04. The first kappa shape index (κ1) is 16.0. The zero-order chi connectivity index (χ0) is 15.4. The molecule has 112 valence electrons. The van der Waals surface area contributed by atoms with E-state index >= 15 is 0 Å². The van der Waals surface area contributed by atoms with Crippen LogP contribution in [0.25, 0.3) is 0 Å². The first-order valence-corrected chi connectivity index (χ1v) is 8.02. The highest BCUT2D eigenvalue weighted by atomic mass is 35.5. The quantitative estimate of drug-likeness (QED) is 0.880. The van der Waals surface area contributed by atoms with E-state index in [-0.39, 0.29) is 17.9 Å². The van der Waals surface area contributed by atoms with Crippen molar-refractivity contribution in [3.8, 4) is 0 Å². The Bertz CT molecular complexity index is 583. The van der Waals surface area contributed by atoms with Gasteiger partial charge in [0.05, 0.1) is 18.1 Å². The fraction of sp³-hybridized carbons (Fsp3) is 0.312. The van der Waals surface area contributed by atoms with Crippen molar-refractivity contribution in [2.45, 2.75) is 31.9 Å². The van der Waals surface area contributed by atoms with Crippen molar-refractivity contribution >= 4 is 28.8 Å². The van der Waals surface area contributed by atoms with Crippen LogP contribution >= 0.6 is 22.9 Å². The SMILES string of the molecule is CC(C(=O)NC(C)C(O)c1ccc(Cl)cc1)c1cccs1. The number of amides is 1. The minimum atomic E-state index is -0.762. The number of rotatable bonds is 5. The van der Waals surface area contributed by atoms with Crippen LogP contribution in [0, 0.1) is 0 Å². The molecule has 0 radical (unpaired) electrons. The van der Waals surface area contributed by atoms with Crippen LogP contribution in [-0.2, 0) is 4.79 Å². The summed E-state index contributed by atoms with van der Waals surface area (Å²) in [6, 6.07) is 10.5. The Morgan fingerprint density at radius 3 is 2.48 bits per heavy atom. The number of carbonyl (C=O) groups excluding carboxylic acids is 1. The van der Waals surface area contributed by atoms with Gasteiger partial charge in [0.25, 0.3) is 0 Å². The third kappa shape index (κ3) is 4.06. The number of aliphatic hydroxyl groups is 1. The van der Waals surface area contributed by atoms with Gasteiger partial charge >= 0.3 is 0 Å². The molecule has 0 aliphatic rings. The number of halogens is 1. The van der Waals surface area contributed by atoms with Gasteiger partial charge in [0, 0.05) is 9.90 Å². The van der Waals surface area contributed by atoms with Crippen LogP contribution in [0.2, 0.25) is 5.02 Å². The van der Waals surface area contributed by atoms with E-state index in [1.54, 1.807) is 42.5 Å². The third-order valence-electron chi connectivity index (χ3n) is 3.42. The monoisotopic (exact) mass is 323 g/mol. The van der Waals surface area contributed by atoms with Gasteiger partial charge in [0.15, 0.2) is 0 Å². The molecule has 0 saturated carbocycles. The molecular weight excluding hydrogens is 306 g/mol. The molecular formula is C16H18ClNO2S. The molecule has 5 heteroatoms. The summed E-state index contributed by atoms with van der Waals surface area (Å²) in [5.74, 6) is -0.303. The maximum atomic E-state index is 12.2. The molecule has 2 aromatic rings. The maximum absolute atomic E-state index is 12.2. The van der Waals surface area contributed by atoms with E-state index in [4.69, 9.17) is 11.6 Å². The molecule has 0 aliphatic heterocycles. The van der Waals surface area contributed by atoms with Gasteiger partial charge in [-0.3, -0.25) is 4.79 Å². The molecule has 0 saturated heterocycles. The number of benzene rings is 1. The summed E-state index contributed by atoms with van der Waals surface area (Å²) in [6.45, 7) is 3.65. The predicted molar refractivity (Wildman–Crippen MR) is 86.8 cm³/mol. The van der Waals surface area contributed by atoms with Gasteiger partial charge in [-0.1, -0.05) is 29.8 Å². The third-order valence-corrected chi connectivity index (χ3v) is 4.73. The van der Waals surface area contributed by atoms with Crippen molar-refractivity contribution in [2.75, 3.05) is 0 Å². The lowest BCUT2D eigenvalue weighted by Crippen LogP contribution is -2.39. The number of hydrogen-bond acceptors (Lipinski definition) is 3. The topological polar surface area (TPSA) is 49.3 Å². The molecule has 1 amide bonds. The normalized spacial score (nSPS) is 15.2. The molecule has 21 heavy (non-hydrogen) atoms. The Labute approximate surface area is 133 Å². The molecule has 3 nitrogen and oxygen atoms in total. The zero-order valence-corrected chi connectivity index (χ0v) is 13.5. The highest BCUT2D eigenvalue weighted by Gasteiger charge is 2.22. The van der Waals surface area contributed by atoms with Crippen LogP contribution in [0.4, 0.5) is 0 Å². The molecule has 3 unspecified atom stereocenters. The lowest BCUT2D eigenvalue weighted by atomic mass is 10.0. The highest BCUT2D eigenvalue weighted by Crippen LogP contribution is 2.23. The fourth-order valence-corrected chi connectivity index (χ4v) is 2.95. The molecule has 0 aliphatic carbocycles. The molecule has 0 bridgehead atoms. The summed E-state index contributed by atoms with van der Waals surface area (Å²) in [5.41, 5.74) is 0.732. The Morgan fingerprint density at radius 2 is 1.90 bits per heavy atom. The number of nitrogens with one attached hydrogen (secondary N) is 1. The summed E-state index contributed by atoms with van der Waals surface area (Å²) in [4.78, 5) is 13.2. The van der Waals surface area contributed by atoms with Gasteiger partial charge in [-0.15, -0.1) is 11.3 Å². The van der Waals surface area contributed by atoms with Crippen LogP contribution in [0.3, 0.4) is 0 Å². The van der Waals surface area contributed by atoms with Crippen molar-refractivity contribution < 1.29 is 9.90 Å². The van der Waals surface area contributed by atoms with Crippen molar-refractivity contribution in [2.24, 2.45) is 0 Å². The maximum Gasteiger partial charge on any atom is 0.228 e. The van der Waals surface area contributed by atoms with Gasteiger partial charge in [-0.2, -0.15) is 0 Å². The van der Waals surface area contributed by atoms with Gasteiger partial charge in [-0.05, 0) is 43.0 Å². The van der Waals surface area contributed by atoms with Crippen LogP contribution in [0.1, 0.15) is 36.3 Å². The zero-order valence-electron chi connectivity index (χ0n) is 11.9. The van der Waals surface area contributed by atoms with Crippen LogP contribution in [-0.4, -0.2) is 17.1 Å². The lowest BCUT2D eigenvalue weighted by molar-refractivity contribution is -0.123. The van der Waals surface area contributed by atoms with Gasteiger partial charge in [0.2, 0.25) is 5.91 Å². The average molecular weight is 324 g/mol. The Balaban J connectivity index is 1.98. The van der Waals surface area contributed by atoms with E-state index in [1.165, 1.54) is 0 Å². The van der Waals surface area contributed by atoms with E-state index in [9.17, 15) is 9.90 Å². The number of aliphatic hydroxyl groups excluding tert-OH is 1. The van der Waals surface area contributed by atoms with Crippen LogP contribution < -0.4 is 5.32 Å². The minimum absolute atomic E-state index is 0.0852. The molecule has 2 N–H and O–H groups in total. The van der Waals surface area contributed by atoms with E-state index in [2.05, 4.69) is 5.32 Å². The molecule has 2 rings (SSSR count). The smallest absolute Gasteiger partial charge is 0.228 e. The van der Waals surface area contributed by atoms with Gasteiger partial charge < -0.3 is 10.4 Å². The summed E-state index contributed by atoms with van der Waals surface area (Å²) >= 11 is 7.38. The van der Waals surface area contributed by atoms with E-state index in [0.717, 1.165) is 10.4 Å². The summed E-state index contributed by atoms with van der Waals surface area (Å²) in [6.07, 6.45) is -0.762. The summed E-state index contributed by atoms with van der Waals surface area (Å²) < 4.78 is 0. The van der Waals surface area contributed by atoms with Crippen molar-refractivity contribution in [3.05, 3.63) is 57.2 Å². The molecule has 0 fully saturated rings. The van der Waals surface area contributed by atoms with Crippen molar-refractivity contribution in [1.82, 2.24) is 5.32 Å². The Morgan fingerprint density at radius 1 is 1.24 bits per heavy atom. The summed E-state index contributed by atoms with van der Waals surface area (Å²) in [7, 11) is 0. The lowest BCUT2D eigenvalue weighted by Gasteiger charge is -2.22. The van der Waals surface area contributed by atoms with Crippen molar-refractivity contribution in [3.63, 3.8) is 0 Å². The first-order valence-electron chi connectivity index (χ1n) is 6.76. The number of carbonyl (C=O) groups is 1. The van der Waals surface area contributed by atoms with Gasteiger partial charge in [0.1, 0.15) is 0 Å². The summed E-state index contributed by atoms with van der Waals surface area (Å²) in [5, 5.41) is 15.7. The Kier molecular flexibility index (Phi) is 5.39. The molecule has 1 aromatic carbocycles. The molecule has 3 atom stereocenters. The number of hydrogen-bond donors (Lipinski definition) is 2. The van der Waals surface area contributed by atoms with Crippen molar-refractivity contribution in [1.29, 1.82) is 0 Å². The van der Waals surface area contributed by atoms with E-state index < -0.39 is 6.10 Å². The second-order valence-corrected chi connectivity index (χ2v) is 6.45. The van der Waals surface area contributed by atoms with Crippen LogP contribution in [0.15, 0.2) is 41.8 Å². The highest BCUT2D eigenvalue weighted by molar-refractivity contribution is 7.10. The average Bonchev–Trinajstić information content (AvgIpc) is 3.00. The first-order chi connectivity index (χ1) is 9.99. The minimum Gasteiger partial charge on any atom is -0.386 e. The van der Waals surface area contributed by atoms with E-state index in [1.807, 2.05) is 24.4 Å². The Hall–Kier alpha value is -1.36. The standard InChI is InChI=1S/C16H18ClNO2S/c1-10(14-4-3-9-21-14)16(20)18-11(2)15(19)12-5-7-13(17)8-6-12/h3-11,15,19H,1-2H3,(H,18,20). The van der Waals surface area contributed by atoms with Crippen LogP contribution in [0.5, 0.6) is 0 Å². The second kappa shape index (κ2) is 7.07. The van der Waals surface area contributed by atoms with Gasteiger partial charge in [-0.25, -0.2) is 0 Å². The predicted octanol–water partition coefficient (Wildman–Crippen LogP) is 3.74. The largest absolute Gasteiger partial charge is 0.386 e. The second-order valence-electron chi connectivity index (χ2n) is 5.03.